The quantitative estimate of drug-likeness (QED) is 0.583. The first kappa shape index (κ1) is 18.9. The number of hydrogen-bond acceptors (Lipinski definition) is 6. The van der Waals surface area contributed by atoms with Gasteiger partial charge >= 0.3 is 0 Å². The van der Waals surface area contributed by atoms with Crippen LogP contribution in [0, 0.1) is 0 Å². The Labute approximate surface area is 172 Å². The second-order valence-electron chi connectivity index (χ2n) is 6.50. The zero-order valence-corrected chi connectivity index (χ0v) is 16.6. The summed E-state index contributed by atoms with van der Waals surface area (Å²) < 4.78 is 11.5. The van der Waals surface area contributed by atoms with Crippen molar-refractivity contribution >= 4 is 40.1 Å². The van der Waals surface area contributed by atoms with E-state index in [2.05, 4.69) is 9.88 Å². The first-order valence-corrected chi connectivity index (χ1v) is 9.82. The zero-order chi connectivity index (χ0) is 19.5. The van der Waals surface area contributed by atoms with E-state index in [1.54, 1.807) is 36.4 Å². The zero-order valence-electron chi connectivity index (χ0n) is 15.1. The number of aromatic hydroxyl groups is 1. The van der Waals surface area contributed by atoms with E-state index in [-0.39, 0.29) is 12.4 Å². The number of ether oxygens (including phenoxy) is 2. The Balaban J connectivity index is 1.53. The van der Waals surface area contributed by atoms with E-state index in [1.165, 1.54) is 0 Å². The van der Waals surface area contributed by atoms with Crippen molar-refractivity contribution in [1.82, 2.24) is 9.97 Å². The lowest BCUT2D eigenvalue weighted by Gasteiger charge is -2.20. The van der Waals surface area contributed by atoms with Crippen LogP contribution in [0.5, 0.6) is 17.4 Å². The summed E-state index contributed by atoms with van der Waals surface area (Å²) in [5.74, 6) is 1.90. The first-order chi connectivity index (χ1) is 13.6. The molecule has 4 rings (SSSR count). The van der Waals surface area contributed by atoms with Crippen molar-refractivity contribution in [3.8, 4) is 17.4 Å². The summed E-state index contributed by atoms with van der Waals surface area (Å²) in [5.41, 5.74) is 1.31. The fourth-order valence-corrected chi connectivity index (χ4v) is 3.44. The molecule has 0 saturated carbocycles. The van der Waals surface area contributed by atoms with Crippen molar-refractivity contribution < 1.29 is 14.6 Å². The lowest BCUT2D eigenvalue weighted by molar-refractivity contribution is 0.212. The number of aromatic nitrogens is 2. The maximum atomic E-state index is 9.49. The van der Waals surface area contributed by atoms with Gasteiger partial charge in [-0.25, -0.2) is 9.97 Å². The number of anilines is 1. The van der Waals surface area contributed by atoms with Crippen molar-refractivity contribution in [2.45, 2.75) is 12.8 Å². The standard InChI is InChI=1S/C20H19Cl2N3O3/c21-15-11-17-18(12-16(15)22)24-20(19(23-17)25-6-1-2-7-25)28-9-8-27-14-5-3-4-13(26)10-14/h3-5,10-12,26H,1-2,6-9H2. The van der Waals surface area contributed by atoms with Gasteiger partial charge in [0.15, 0.2) is 5.82 Å². The highest BCUT2D eigenvalue weighted by atomic mass is 35.5. The maximum Gasteiger partial charge on any atom is 0.258 e. The lowest BCUT2D eigenvalue weighted by Crippen LogP contribution is -2.21. The molecular formula is C20H19Cl2N3O3. The highest BCUT2D eigenvalue weighted by molar-refractivity contribution is 6.42. The maximum absolute atomic E-state index is 9.49. The summed E-state index contributed by atoms with van der Waals surface area (Å²) in [6.07, 6.45) is 2.22. The Kier molecular flexibility index (Phi) is 5.59. The highest BCUT2D eigenvalue weighted by Gasteiger charge is 2.21. The summed E-state index contributed by atoms with van der Waals surface area (Å²) in [7, 11) is 0. The number of fused-ring (bicyclic) bond motifs is 1. The SMILES string of the molecule is Oc1cccc(OCCOc2nc3cc(Cl)c(Cl)cc3nc2N2CCCC2)c1. The van der Waals surface area contributed by atoms with Crippen LogP contribution in [-0.4, -0.2) is 41.4 Å². The van der Waals surface area contributed by atoms with Gasteiger partial charge in [-0.2, -0.15) is 0 Å². The minimum Gasteiger partial charge on any atom is -0.508 e. The van der Waals surface area contributed by atoms with Gasteiger partial charge in [0.25, 0.3) is 5.88 Å². The molecule has 1 aliphatic rings. The van der Waals surface area contributed by atoms with Crippen molar-refractivity contribution in [2.24, 2.45) is 0 Å². The Morgan fingerprint density at radius 2 is 1.61 bits per heavy atom. The smallest absolute Gasteiger partial charge is 0.258 e. The third kappa shape index (κ3) is 4.18. The minimum absolute atomic E-state index is 0.158. The monoisotopic (exact) mass is 419 g/mol. The predicted octanol–water partition coefficient (Wildman–Crippen LogP) is 4.70. The van der Waals surface area contributed by atoms with Gasteiger partial charge in [-0.15, -0.1) is 0 Å². The van der Waals surface area contributed by atoms with E-state index < -0.39 is 0 Å². The van der Waals surface area contributed by atoms with Gasteiger partial charge in [-0.05, 0) is 37.1 Å². The number of benzene rings is 2. The Bertz CT molecular complexity index is 994. The second-order valence-corrected chi connectivity index (χ2v) is 7.31. The van der Waals surface area contributed by atoms with E-state index in [9.17, 15) is 5.11 Å². The fraction of sp³-hybridized carbons (Fsp3) is 0.300. The predicted molar refractivity (Wildman–Crippen MR) is 110 cm³/mol. The van der Waals surface area contributed by atoms with Gasteiger partial charge in [0, 0.05) is 19.2 Å². The molecule has 0 radical (unpaired) electrons. The van der Waals surface area contributed by atoms with Gasteiger partial charge in [0.2, 0.25) is 0 Å². The van der Waals surface area contributed by atoms with Crippen LogP contribution in [0.4, 0.5) is 5.82 Å². The Morgan fingerprint density at radius 1 is 0.929 bits per heavy atom. The second kappa shape index (κ2) is 8.29. The van der Waals surface area contributed by atoms with Gasteiger partial charge in [0.1, 0.15) is 24.7 Å². The molecule has 146 valence electrons. The van der Waals surface area contributed by atoms with E-state index in [0.29, 0.717) is 45.1 Å². The van der Waals surface area contributed by atoms with Crippen LogP contribution in [-0.2, 0) is 0 Å². The van der Waals surface area contributed by atoms with Crippen molar-refractivity contribution in [3.63, 3.8) is 0 Å². The number of hydrogen-bond donors (Lipinski definition) is 1. The van der Waals surface area contributed by atoms with Crippen LogP contribution < -0.4 is 14.4 Å². The number of rotatable bonds is 6. The molecule has 3 aromatic rings. The molecule has 1 aromatic heterocycles. The molecule has 8 heteroatoms. The molecule has 2 heterocycles. The largest absolute Gasteiger partial charge is 0.508 e. The molecule has 1 saturated heterocycles. The molecule has 0 spiro atoms. The van der Waals surface area contributed by atoms with E-state index in [4.69, 9.17) is 37.7 Å². The molecule has 0 amide bonds. The number of halogens is 2. The van der Waals surface area contributed by atoms with E-state index in [1.807, 2.05) is 0 Å². The Hall–Kier alpha value is -2.44. The first-order valence-electron chi connectivity index (χ1n) is 9.06. The molecule has 1 aliphatic heterocycles. The summed E-state index contributed by atoms with van der Waals surface area (Å²) in [6, 6.07) is 10.1. The van der Waals surface area contributed by atoms with Crippen LogP contribution in [0.3, 0.4) is 0 Å². The lowest BCUT2D eigenvalue weighted by atomic mass is 10.3. The van der Waals surface area contributed by atoms with Crippen LogP contribution in [0.15, 0.2) is 36.4 Å². The number of phenols is 1. The van der Waals surface area contributed by atoms with Crippen molar-refractivity contribution in [2.75, 3.05) is 31.2 Å². The molecule has 28 heavy (non-hydrogen) atoms. The summed E-state index contributed by atoms with van der Waals surface area (Å²) >= 11 is 12.3. The average molecular weight is 420 g/mol. The van der Waals surface area contributed by atoms with Gasteiger partial charge in [-0.3, -0.25) is 0 Å². The fourth-order valence-electron chi connectivity index (χ4n) is 3.13. The molecular weight excluding hydrogens is 401 g/mol. The normalized spacial score (nSPS) is 13.9. The molecule has 2 aromatic carbocycles. The molecule has 1 N–H and O–H groups in total. The van der Waals surface area contributed by atoms with Crippen LogP contribution in [0.1, 0.15) is 12.8 Å². The summed E-state index contributed by atoms with van der Waals surface area (Å²) in [4.78, 5) is 11.5. The molecule has 1 fully saturated rings. The van der Waals surface area contributed by atoms with Gasteiger partial charge in [0.05, 0.1) is 21.1 Å². The Morgan fingerprint density at radius 3 is 2.32 bits per heavy atom. The van der Waals surface area contributed by atoms with Crippen molar-refractivity contribution in [1.29, 1.82) is 0 Å². The topological polar surface area (TPSA) is 67.7 Å². The summed E-state index contributed by atoms with van der Waals surface area (Å²) in [5, 5.41) is 10.4. The average Bonchev–Trinajstić information content (AvgIpc) is 3.20. The minimum atomic E-state index is 0.158. The molecule has 0 aliphatic carbocycles. The van der Waals surface area contributed by atoms with Crippen LogP contribution in [0.25, 0.3) is 11.0 Å². The van der Waals surface area contributed by atoms with Crippen LogP contribution in [0.2, 0.25) is 10.0 Å². The number of nitrogens with zero attached hydrogens (tertiary/aromatic N) is 3. The van der Waals surface area contributed by atoms with E-state index >= 15 is 0 Å². The molecule has 0 unspecified atom stereocenters. The molecule has 0 atom stereocenters. The highest BCUT2D eigenvalue weighted by Crippen LogP contribution is 2.33. The van der Waals surface area contributed by atoms with Gasteiger partial charge in [-0.1, -0.05) is 29.3 Å². The van der Waals surface area contributed by atoms with E-state index in [0.717, 1.165) is 25.9 Å². The van der Waals surface area contributed by atoms with Crippen molar-refractivity contribution in [3.05, 3.63) is 46.4 Å². The third-order valence-corrected chi connectivity index (χ3v) is 5.19. The molecule has 6 nitrogen and oxygen atoms in total. The van der Waals surface area contributed by atoms with Gasteiger partial charge < -0.3 is 19.5 Å². The summed E-state index contributed by atoms with van der Waals surface area (Å²) in [6.45, 7) is 2.43. The third-order valence-electron chi connectivity index (χ3n) is 4.47. The molecule has 0 bridgehead atoms. The number of phenolic OH excluding ortho intramolecular Hbond substituents is 1. The van der Waals surface area contributed by atoms with Crippen LogP contribution >= 0.6 is 23.2 Å².